The van der Waals surface area contributed by atoms with Crippen LogP contribution in [0.1, 0.15) is 44.0 Å². The molecule has 10 nitrogen and oxygen atoms in total. The number of aromatic nitrogens is 4. The van der Waals surface area contributed by atoms with Crippen molar-refractivity contribution in [3.8, 4) is 11.5 Å². The fourth-order valence-electron chi connectivity index (χ4n) is 5.29. The number of nitrogens with zero attached hydrogens (tertiary/aromatic N) is 5. The van der Waals surface area contributed by atoms with Crippen molar-refractivity contribution < 1.29 is 14.3 Å². The van der Waals surface area contributed by atoms with E-state index in [9.17, 15) is 9.59 Å². The molecule has 10 heteroatoms. The number of ether oxygens (including phenoxy) is 1. The van der Waals surface area contributed by atoms with Crippen molar-refractivity contribution in [2.75, 3.05) is 13.1 Å². The van der Waals surface area contributed by atoms with E-state index in [2.05, 4.69) is 31.6 Å². The van der Waals surface area contributed by atoms with E-state index in [0.717, 1.165) is 40.1 Å². The van der Waals surface area contributed by atoms with Gasteiger partial charge in [-0.3, -0.25) is 4.79 Å². The molecule has 6 rings (SSSR count). The third-order valence-corrected chi connectivity index (χ3v) is 7.50. The van der Waals surface area contributed by atoms with Gasteiger partial charge in [-0.1, -0.05) is 0 Å². The number of rotatable bonds is 5. The number of nitrogens with two attached hydrogens (primary N) is 1. The normalized spacial score (nSPS) is 19.7. The SMILES string of the molecule is Cn1c(-c2cc3cccnc3n2CC2CC2)nc2cc(C(=O)N[C@@H]3CN(C(=O)OC(C)(C)C)C[C@H]3N)ccc21. The van der Waals surface area contributed by atoms with E-state index in [1.807, 2.05) is 52.2 Å². The lowest BCUT2D eigenvalue weighted by Gasteiger charge is -2.24. The molecule has 0 unspecified atom stereocenters. The van der Waals surface area contributed by atoms with Crippen molar-refractivity contribution in [1.29, 1.82) is 0 Å². The maximum Gasteiger partial charge on any atom is 0.410 e. The molecule has 39 heavy (non-hydrogen) atoms. The molecule has 1 aliphatic carbocycles. The molecule has 3 aromatic heterocycles. The highest BCUT2D eigenvalue weighted by Crippen LogP contribution is 2.36. The fraction of sp³-hybridized carbons (Fsp3) is 0.448. The molecule has 204 valence electrons. The molecule has 3 N–H and O–H groups in total. The molecule has 0 spiro atoms. The van der Waals surface area contributed by atoms with Crippen LogP contribution < -0.4 is 11.1 Å². The van der Waals surface area contributed by atoms with Crippen LogP contribution in [0.4, 0.5) is 4.79 Å². The van der Waals surface area contributed by atoms with E-state index in [1.165, 1.54) is 12.8 Å². The summed E-state index contributed by atoms with van der Waals surface area (Å²) in [6.07, 6.45) is 3.89. The predicted molar refractivity (Wildman–Crippen MR) is 149 cm³/mol. The molecule has 2 aliphatic rings. The van der Waals surface area contributed by atoms with Crippen LogP contribution in [0.15, 0.2) is 42.6 Å². The molecule has 2 atom stereocenters. The Morgan fingerprint density at radius 3 is 2.69 bits per heavy atom. The van der Waals surface area contributed by atoms with E-state index < -0.39 is 11.7 Å². The quantitative estimate of drug-likeness (QED) is 0.407. The summed E-state index contributed by atoms with van der Waals surface area (Å²) in [6, 6.07) is 11.0. The molecule has 0 bridgehead atoms. The van der Waals surface area contributed by atoms with Gasteiger partial charge in [0.05, 0.1) is 22.8 Å². The smallest absolute Gasteiger partial charge is 0.410 e. The van der Waals surface area contributed by atoms with Crippen LogP contribution in [0, 0.1) is 5.92 Å². The summed E-state index contributed by atoms with van der Waals surface area (Å²) in [4.78, 5) is 36.8. The first kappa shape index (κ1) is 25.4. The molecule has 1 aliphatic heterocycles. The summed E-state index contributed by atoms with van der Waals surface area (Å²) in [5.74, 6) is 1.27. The zero-order chi connectivity index (χ0) is 27.5. The lowest BCUT2D eigenvalue weighted by molar-refractivity contribution is 0.0288. The minimum Gasteiger partial charge on any atom is -0.444 e. The van der Waals surface area contributed by atoms with E-state index in [-0.39, 0.29) is 18.0 Å². The second kappa shape index (κ2) is 9.37. The average molecular weight is 530 g/mol. The largest absolute Gasteiger partial charge is 0.444 e. The lowest BCUT2D eigenvalue weighted by Crippen LogP contribution is -2.46. The van der Waals surface area contributed by atoms with Gasteiger partial charge < -0.3 is 29.8 Å². The van der Waals surface area contributed by atoms with Gasteiger partial charge in [-0.2, -0.15) is 0 Å². The average Bonchev–Trinajstić information content (AvgIpc) is 3.41. The van der Waals surface area contributed by atoms with Crippen LogP contribution in [-0.4, -0.2) is 66.8 Å². The van der Waals surface area contributed by atoms with Crippen LogP contribution in [-0.2, 0) is 18.3 Å². The second-order valence-corrected chi connectivity index (χ2v) is 11.8. The molecule has 1 saturated heterocycles. The number of likely N-dealkylation sites (tertiary alicyclic amines) is 1. The van der Waals surface area contributed by atoms with Crippen molar-refractivity contribution in [2.24, 2.45) is 18.7 Å². The third kappa shape index (κ3) is 4.96. The highest BCUT2D eigenvalue weighted by molar-refractivity contribution is 5.98. The molecule has 1 saturated carbocycles. The fourth-order valence-corrected chi connectivity index (χ4v) is 5.29. The molecular weight excluding hydrogens is 494 g/mol. The van der Waals surface area contributed by atoms with Crippen molar-refractivity contribution in [3.05, 3.63) is 48.2 Å². The first-order valence-corrected chi connectivity index (χ1v) is 13.5. The van der Waals surface area contributed by atoms with Crippen LogP contribution in [0.5, 0.6) is 0 Å². The van der Waals surface area contributed by atoms with Gasteiger partial charge in [0.25, 0.3) is 5.91 Å². The van der Waals surface area contributed by atoms with Crippen LogP contribution >= 0.6 is 0 Å². The number of aryl methyl sites for hydroxylation is 1. The number of hydrogen-bond acceptors (Lipinski definition) is 6. The van der Waals surface area contributed by atoms with Crippen molar-refractivity contribution in [2.45, 2.75) is 57.8 Å². The maximum atomic E-state index is 13.2. The molecule has 0 radical (unpaired) electrons. The Morgan fingerprint density at radius 2 is 1.95 bits per heavy atom. The Labute approximate surface area is 227 Å². The highest BCUT2D eigenvalue weighted by Gasteiger charge is 2.36. The minimum absolute atomic E-state index is 0.248. The van der Waals surface area contributed by atoms with Crippen molar-refractivity contribution in [1.82, 2.24) is 29.3 Å². The summed E-state index contributed by atoms with van der Waals surface area (Å²) >= 11 is 0. The second-order valence-electron chi connectivity index (χ2n) is 11.8. The lowest BCUT2D eigenvalue weighted by atomic mass is 10.1. The number of amides is 2. The summed E-state index contributed by atoms with van der Waals surface area (Å²) in [5.41, 5.74) is 9.85. The number of carbonyl (C=O) groups excluding carboxylic acids is 2. The summed E-state index contributed by atoms with van der Waals surface area (Å²) in [6.45, 7) is 7.02. The van der Waals surface area contributed by atoms with E-state index >= 15 is 0 Å². The minimum atomic E-state index is -0.595. The Kier molecular flexibility index (Phi) is 6.10. The topological polar surface area (TPSA) is 120 Å². The highest BCUT2D eigenvalue weighted by atomic mass is 16.6. The van der Waals surface area contributed by atoms with Crippen LogP contribution in [0.3, 0.4) is 0 Å². The van der Waals surface area contributed by atoms with Gasteiger partial charge in [0.15, 0.2) is 5.82 Å². The zero-order valence-corrected chi connectivity index (χ0v) is 22.8. The van der Waals surface area contributed by atoms with Gasteiger partial charge in [0, 0.05) is 49.9 Å². The summed E-state index contributed by atoms with van der Waals surface area (Å²) in [7, 11) is 2.00. The zero-order valence-electron chi connectivity index (χ0n) is 22.8. The summed E-state index contributed by atoms with van der Waals surface area (Å²) < 4.78 is 9.81. The van der Waals surface area contributed by atoms with Crippen LogP contribution in [0.25, 0.3) is 33.6 Å². The first-order valence-electron chi connectivity index (χ1n) is 13.5. The Morgan fingerprint density at radius 1 is 1.15 bits per heavy atom. The Hall–Kier alpha value is -3.92. The van der Waals surface area contributed by atoms with E-state index in [4.69, 9.17) is 15.5 Å². The number of hydrogen-bond donors (Lipinski definition) is 2. The number of fused-ring (bicyclic) bond motifs is 2. The molecule has 4 aromatic rings. The summed E-state index contributed by atoms with van der Waals surface area (Å²) in [5, 5.41) is 4.10. The van der Waals surface area contributed by atoms with Gasteiger partial charge in [0.2, 0.25) is 0 Å². The van der Waals surface area contributed by atoms with Crippen LogP contribution in [0.2, 0.25) is 0 Å². The molecule has 2 fully saturated rings. The Bertz CT molecular complexity index is 1580. The standard InChI is InChI=1S/C29H35N7O3/c1-29(2,3)39-28(38)35-15-20(30)22(16-35)33-27(37)19-9-10-23-21(12-19)32-26(34(23)4)24-13-18-6-5-11-31-25(18)36(24)14-17-7-8-17/h5-6,9-13,17,20,22H,7-8,14-16,30H2,1-4H3,(H,33,37)/t20-,22-/m1/s1. The number of benzene rings is 1. The first-order chi connectivity index (χ1) is 18.6. The van der Waals surface area contributed by atoms with E-state index in [0.29, 0.717) is 24.6 Å². The van der Waals surface area contributed by atoms with Gasteiger partial charge in [-0.05, 0) is 75.9 Å². The van der Waals surface area contributed by atoms with Gasteiger partial charge >= 0.3 is 6.09 Å². The van der Waals surface area contributed by atoms with Gasteiger partial charge in [0.1, 0.15) is 11.2 Å². The van der Waals surface area contributed by atoms with Gasteiger partial charge in [-0.15, -0.1) is 0 Å². The number of pyridine rings is 1. The van der Waals surface area contributed by atoms with Crippen molar-refractivity contribution >= 4 is 34.1 Å². The van der Waals surface area contributed by atoms with E-state index in [1.54, 1.807) is 11.0 Å². The van der Waals surface area contributed by atoms with Crippen molar-refractivity contribution in [3.63, 3.8) is 0 Å². The monoisotopic (exact) mass is 529 g/mol. The molecule has 1 aromatic carbocycles. The number of carbonyl (C=O) groups is 2. The Balaban J connectivity index is 1.24. The molecule has 2 amide bonds. The predicted octanol–water partition coefficient (Wildman–Crippen LogP) is 3.68. The number of nitrogens with one attached hydrogen (secondary N) is 1. The maximum absolute atomic E-state index is 13.2. The molecular formula is C29H35N7O3. The third-order valence-electron chi connectivity index (χ3n) is 7.50. The molecule has 4 heterocycles. The number of imidazole rings is 1. The van der Waals surface area contributed by atoms with Gasteiger partial charge in [-0.25, -0.2) is 14.8 Å².